The number of ether oxygens (including phenoxy) is 1. The van der Waals surface area contributed by atoms with E-state index in [-0.39, 0.29) is 11.9 Å². The maximum Gasteiger partial charge on any atom is 0.254 e. The minimum absolute atomic E-state index is 0.0139. The van der Waals surface area contributed by atoms with Crippen LogP contribution < -0.4 is 4.74 Å². The highest BCUT2D eigenvalue weighted by molar-refractivity contribution is 5.94. The average Bonchev–Trinajstić information content (AvgIpc) is 2.70. The summed E-state index contributed by atoms with van der Waals surface area (Å²) >= 11 is 0. The van der Waals surface area contributed by atoms with Crippen molar-refractivity contribution in [1.29, 1.82) is 5.26 Å². The number of nitrogens with zero attached hydrogens (tertiary/aromatic N) is 4. The Hall–Kier alpha value is -2.91. The van der Waals surface area contributed by atoms with E-state index in [0.717, 1.165) is 11.3 Å². The number of benzene rings is 1. The maximum absolute atomic E-state index is 12.5. The Morgan fingerprint density at radius 2 is 1.76 bits per heavy atom. The van der Waals surface area contributed by atoms with Crippen LogP contribution >= 0.6 is 0 Å². The third-order valence-electron chi connectivity index (χ3n) is 4.45. The van der Waals surface area contributed by atoms with E-state index in [0.29, 0.717) is 31.7 Å². The molecule has 6 heteroatoms. The van der Waals surface area contributed by atoms with Crippen LogP contribution in [0.15, 0.2) is 48.8 Å². The van der Waals surface area contributed by atoms with Crippen molar-refractivity contribution < 1.29 is 9.53 Å². The van der Waals surface area contributed by atoms with Crippen LogP contribution in [0.2, 0.25) is 0 Å². The molecule has 1 amide bonds. The lowest BCUT2D eigenvalue weighted by Crippen LogP contribution is -2.49. The van der Waals surface area contributed by atoms with Gasteiger partial charge in [0, 0.05) is 44.1 Å². The van der Waals surface area contributed by atoms with E-state index in [1.165, 1.54) is 0 Å². The number of aromatic nitrogens is 1. The maximum atomic E-state index is 12.5. The Balaban J connectivity index is 1.64. The highest BCUT2D eigenvalue weighted by Gasteiger charge is 2.27. The fourth-order valence-corrected chi connectivity index (χ4v) is 3.01. The number of carbonyl (C=O) groups is 1. The average molecular weight is 336 g/mol. The zero-order valence-electron chi connectivity index (χ0n) is 14.1. The van der Waals surface area contributed by atoms with Gasteiger partial charge in [-0.3, -0.25) is 14.7 Å². The van der Waals surface area contributed by atoms with E-state index in [2.05, 4.69) is 16.0 Å². The first-order chi connectivity index (χ1) is 12.2. The molecule has 0 bridgehead atoms. The molecule has 6 nitrogen and oxygen atoms in total. The molecule has 128 valence electrons. The molecule has 1 unspecified atom stereocenters. The Morgan fingerprint density at radius 3 is 2.32 bits per heavy atom. The van der Waals surface area contributed by atoms with Gasteiger partial charge in [-0.05, 0) is 29.8 Å². The van der Waals surface area contributed by atoms with E-state index in [1.807, 2.05) is 29.2 Å². The lowest BCUT2D eigenvalue weighted by atomic mass is 10.1. The van der Waals surface area contributed by atoms with Crippen LogP contribution in [0.1, 0.15) is 22.0 Å². The largest absolute Gasteiger partial charge is 0.497 e. The lowest BCUT2D eigenvalue weighted by Gasteiger charge is -2.37. The minimum atomic E-state index is -0.316. The second-order valence-electron chi connectivity index (χ2n) is 5.87. The molecule has 0 aliphatic carbocycles. The van der Waals surface area contributed by atoms with Crippen molar-refractivity contribution in [3.8, 4) is 11.8 Å². The predicted molar refractivity (Wildman–Crippen MR) is 93.1 cm³/mol. The zero-order chi connectivity index (χ0) is 17.6. The van der Waals surface area contributed by atoms with Crippen molar-refractivity contribution in [3.05, 3.63) is 59.9 Å². The summed E-state index contributed by atoms with van der Waals surface area (Å²) in [5, 5.41) is 9.60. The number of carbonyl (C=O) groups excluding carboxylic acids is 1. The van der Waals surface area contributed by atoms with Gasteiger partial charge in [0.05, 0.1) is 13.2 Å². The SMILES string of the molecule is COc1ccc(C(C#N)N2CCN(C(=O)c3ccncc3)CC2)cc1. The molecule has 1 aliphatic rings. The molecule has 1 atom stereocenters. The molecule has 25 heavy (non-hydrogen) atoms. The molecule has 1 aromatic carbocycles. The van der Waals surface area contributed by atoms with Crippen LogP contribution in [0, 0.1) is 11.3 Å². The van der Waals surface area contributed by atoms with Crippen molar-refractivity contribution in [1.82, 2.24) is 14.8 Å². The van der Waals surface area contributed by atoms with Gasteiger partial charge in [0.15, 0.2) is 0 Å². The Kier molecular flexibility index (Phi) is 5.26. The first-order valence-corrected chi connectivity index (χ1v) is 8.20. The third kappa shape index (κ3) is 3.78. The lowest BCUT2D eigenvalue weighted by molar-refractivity contribution is 0.0606. The molecule has 1 saturated heterocycles. The molecule has 3 rings (SSSR count). The number of pyridine rings is 1. The highest BCUT2D eigenvalue weighted by Crippen LogP contribution is 2.24. The number of piperazine rings is 1. The summed E-state index contributed by atoms with van der Waals surface area (Å²) in [6.07, 6.45) is 3.25. The number of rotatable bonds is 4. The van der Waals surface area contributed by atoms with Gasteiger partial charge >= 0.3 is 0 Å². The standard InChI is InChI=1S/C19H20N4O2/c1-25-17-4-2-15(3-5-17)18(14-20)22-10-12-23(13-11-22)19(24)16-6-8-21-9-7-16/h2-9,18H,10-13H2,1H3. The second kappa shape index (κ2) is 7.77. The summed E-state index contributed by atoms with van der Waals surface area (Å²) < 4.78 is 5.17. The molecule has 1 fully saturated rings. The van der Waals surface area contributed by atoms with Gasteiger partial charge in [-0.25, -0.2) is 0 Å². The van der Waals surface area contributed by atoms with Crippen LogP contribution in [0.5, 0.6) is 5.75 Å². The van der Waals surface area contributed by atoms with Crippen LogP contribution in [-0.2, 0) is 0 Å². The van der Waals surface area contributed by atoms with Gasteiger partial charge in [-0.2, -0.15) is 5.26 Å². The smallest absolute Gasteiger partial charge is 0.254 e. The van der Waals surface area contributed by atoms with E-state index in [4.69, 9.17) is 4.74 Å². The number of hydrogen-bond acceptors (Lipinski definition) is 5. The van der Waals surface area contributed by atoms with E-state index in [1.54, 1.807) is 31.6 Å². The summed E-state index contributed by atoms with van der Waals surface area (Å²) in [6.45, 7) is 2.55. The van der Waals surface area contributed by atoms with Crippen molar-refractivity contribution in [2.75, 3.05) is 33.3 Å². The normalized spacial score (nSPS) is 16.1. The number of nitriles is 1. The van der Waals surface area contributed by atoms with Crippen molar-refractivity contribution in [2.24, 2.45) is 0 Å². The topological polar surface area (TPSA) is 69.5 Å². The van der Waals surface area contributed by atoms with E-state index in [9.17, 15) is 10.1 Å². The summed E-state index contributed by atoms with van der Waals surface area (Å²) in [5.74, 6) is 0.785. The first kappa shape index (κ1) is 16.9. The van der Waals surface area contributed by atoms with Gasteiger partial charge in [0.1, 0.15) is 11.8 Å². The number of methoxy groups -OCH3 is 1. The molecule has 0 saturated carbocycles. The molecular weight excluding hydrogens is 316 g/mol. The fourth-order valence-electron chi connectivity index (χ4n) is 3.01. The fraction of sp³-hybridized carbons (Fsp3) is 0.316. The Labute approximate surface area is 147 Å². The zero-order valence-corrected chi connectivity index (χ0v) is 14.1. The van der Waals surface area contributed by atoms with Crippen LogP contribution in [-0.4, -0.2) is 54.0 Å². The number of hydrogen-bond donors (Lipinski definition) is 0. The van der Waals surface area contributed by atoms with E-state index >= 15 is 0 Å². The highest BCUT2D eigenvalue weighted by atomic mass is 16.5. The van der Waals surface area contributed by atoms with E-state index < -0.39 is 0 Å². The van der Waals surface area contributed by atoms with Gasteiger partial charge in [-0.15, -0.1) is 0 Å². The molecule has 0 N–H and O–H groups in total. The molecular formula is C19H20N4O2. The van der Waals surface area contributed by atoms with Crippen molar-refractivity contribution >= 4 is 5.91 Å². The van der Waals surface area contributed by atoms with Gasteiger partial charge in [0.25, 0.3) is 5.91 Å². The van der Waals surface area contributed by atoms with Crippen LogP contribution in [0.3, 0.4) is 0 Å². The molecule has 2 aromatic rings. The van der Waals surface area contributed by atoms with Gasteiger partial charge in [-0.1, -0.05) is 12.1 Å². The number of amides is 1. The molecule has 0 radical (unpaired) electrons. The van der Waals surface area contributed by atoms with Crippen LogP contribution in [0.25, 0.3) is 0 Å². The molecule has 2 heterocycles. The quantitative estimate of drug-likeness (QED) is 0.855. The first-order valence-electron chi connectivity index (χ1n) is 8.20. The summed E-state index contributed by atoms with van der Waals surface area (Å²) in [5.41, 5.74) is 1.59. The molecule has 0 spiro atoms. The summed E-state index contributed by atoms with van der Waals surface area (Å²) in [4.78, 5) is 20.4. The summed E-state index contributed by atoms with van der Waals surface area (Å²) in [6, 6.07) is 13.1. The second-order valence-corrected chi connectivity index (χ2v) is 5.87. The van der Waals surface area contributed by atoms with Crippen molar-refractivity contribution in [2.45, 2.75) is 6.04 Å². The molecule has 1 aliphatic heterocycles. The molecule has 1 aromatic heterocycles. The summed E-state index contributed by atoms with van der Waals surface area (Å²) in [7, 11) is 1.62. The van der Waals surface area contributed by atoms with Crippen LogP contribution in [0.4, 0.5) is 0 Å². The predicted octanol–water partition coefficient (Wildman–Crippen LogP) is 2.11. The monoisotopic (exact) mass is 336 g/mol. The van der Waals surface area contributed by atoms with Crippen molar-refractivity contribution in [3.63, 3.8) is 0 Å². The Bertz CT molecular complexity index is 747. The third-order valence-corrected chi connectivity index (χ3v) is 4.45. The minimum Gasteiger partial charge on any atom is -0.497 e. The Morgan fingerprint density at radius 1 is 1.12 bits per heavy atom. The van der Waals surface area contributed by atoms with Gasteiger partial charge in [0.2, 0.25) is 0 Å². The van der Waals surface area contributed by atoms with Gasteiger partial charge < -0.3 is 9.64 Å².